The Morgan fingerprint density at radius 1 is 0.806 bits per heavy atom. The molecule has 93 heavy (non-hydrogen) atoms. The lowest BCUT2D eigenvalue weighted by Gasteiger charge is -2.35. The molecule has 1 saturated heterocycles. The van der Waals surface area contributed by atoms with Crippen LogP contribution >= 0.6 is 11.3 Å². The van der Waals surface area contributed by atoms with Crippen LogP contribution in [0.5, 0.6) is 5.75 Å². The normalized spacial score (nSPS) is 15.2. The zero-order valence-corrected chi connectivity index (χ0v) is 54.9. The SMILES string of the molecule is C=Cc1cc(/C=C/c2cc(-c3ccc(NCCCn4cc(COCCOCCOCCC(=O)N[C@H](C(=O)N5C[C@H](O)C[C@H]5C(=O)NCc5ccc(-c6scnc6C)cc5)C(C)(C)C)nn4)nc3)cnc2-c2cnc(-c3ccccc3OCCC)c(C)c2)ccc1C1CC1. The van der Waals surface area contributed by atoms with Gasteiger partial charge in [-0.3, -0.25) is 29.0 Å². The van der Waals surface area contributed by atoms with Crippen LogP contribution in [0.3, 0.4) is 0 Å². The van der Waals surface area contributed by atoms with Gasteiger partial charge in [-0.2, -0.15) is 0 Å². The van der Waals surface area contributed by atoms with Crippen LogP contribution in [0.2, 0.25) is 0 Å². The van der Waals surface area contributed by atoms with E-state index >= 15 is 0 Å². The van der Waals surface area contributed by atoms with E-state index < -0.39 is 29.5 Å². The maximum atomic E-state index is 14.0. The van der Waals surface area contributed by atoms with Crippen LogP contribution in [0.4, 0.5) is 5.82 Å². The van der Waals surface area contributed by atoms with Crippen LogP contribution in [0, 0.1) is 19.3 Å². The van der Waals surface area contributed by atoms with E-state index in [2.05, 4.69) is 106 Å². The number of aromatic nitrogens is 7. The summed E-state index contributed by atoms with van der Waals surface area (Å²) in [5, 5.41) is 28.4. The third-order valence-corrected chi connectivity index (χ3v) is 17.4. The molecule has 0 spiro atoms. The standard InChI is InChI=1S/C73H85N11O8S/c1-8-30-92-64-14-11-10-13-62(64)67-48(3)36-58(43-76-67)68-55(21-15-50-18-25-61(53-22-23-53)52(9-2)37-50)38-57(42-77-68)56-24-26-65(75-41-56)74-28-12-29-83-44-59(81-82-83)46-91-35-34-90-33-32-89-31-27-66(86)80-70(73(5,6)7)72(88)84-45-60(85)39-63(84)71(87)78-40-51-16-19-54(20-17-51)69-49(4)79-47-93-69/h9-11,13-21,24-26,36-38,41-44,47,53,60,63,70,85H,2,8,12,22-23,27-35,39-40,45-46H2,1,3-7H3,(H,74,75)(H,78,87)(H,80,86)/b21-15+/t60-,63+,70-/m1/s1. The number of aliphatic hydroxyl groups is 1. The van der Waals surface area contributed by atoms with Crippen molar-refractivity contribution in [3.05, 3.63) is 173 Å². The highest BCUT2D eigenvalue weighted by Crippen LogP contribution is 2.42. The number of aliphatic hydroxyl groups excluding tert-OH is 1. The highest BCUT2D eigenvalue weighted by molar-refractivity contribution is 7.13. The molecule has 3 amide bonds. The molecule has 3 aromatic carbocycles. The third kappa shape index (κ3) is 18.3. The van der Waals surface area contributed by atoms with Gasteiger partial charge in [-0.25, -0.2) is 9.97 Å². The monoisotopic (exact) mass is 1280 g/mol. The van der Waals surface area contributed by atoms with Crippen molar-refractivity contribution >= 4 is 53.1 Å². The number of nitrogens with zero attached hydrogens (tertiary/aromatic N) is 8. The second-order valence-electron chi connectivity index (χ2n) is 24.8. The largest absolute Gasteiger partial charge is 0.493 e. The minimum atomic E-state index is -0.938. The van der Waals surface area contributed by atoms with E-state index in [0.717, 1.165) is 96.4 Å². The Labute approximate surface area is 549 Å². The number of para-hydroxylation sites is 1. The minimum Gasteiger partial charge on any atom is -0.493 e. The number of rotatable bonds is 32. The number of aryl methyl sites for hydroxylation is 3. The molecule has 4 N–H and O–H groups in total. The summed E-state index contributed by atoms with van der Waals surface area (Å²) in [5.41, 5.74) is 15.9. The van der Waals surface area contributed by atoms with Gasteiger partial charge in [-0.15, -0.1) is 16.4 Å². The molecule has 1 aliphatic carbocycles. The molecule has 8 aromatic rings. The smallest absolute Gasteiger partial charge is 0.246 e. The molecule has 1 aliphatic heterocycles. The van der Waals surface area contributed by atoms with Gasteiger partial charge in [0.2, 0.25) is 17.7 Å². The van der Waals surface area contributed by atoms with E-state index in [9.17, 15) is 19.5 Å². The van der Waals surface area contributed by atoms with E-state index in [1.807, 2.05) is 113 Å². The van der Waals surface area contributed by atoms with Gasteiger partial charge >= 0.3 is 0 Å². The zero-order chi connectivity index (χ0) is 65.3. The second-order valence-corrected chi connectivity index (χ2v) is 25.6. The highest BCUT2D eigenvalue weighted by atomic mass is 32.1. The number of thiazole rings is 1. The molecular formula is C73H85N11O8S. The third-order valence-electron chi connectivity index (χ3n) is 16.4. The maximum absolute atomic E-state index is 14.0. The number of ether oxygens (including phenoxy) is 4. The molecule has 20 heteroatoms. The number of carbonyl (C=O) groups is 3. The summed E-state index contributed by atoms with van der Waals surface area (Å²) in [6.07, 6.45) is 17.2. The zero-order valence-electron chi connectivity index (χ0n) is 54.1. The lowest BCUT2D eigenvalue weighted by molar-refractivity contribution is -0.144. The number of anilines is 1. The molecule has 19 nitrogen and oxygen atoms in total. The van der Waals surface area contributed by atoms with Crippen LogP contribution in [-0.4, -0.2) is 134 Å². The predicted octanol–water partition coefficient (Wildman–Crippen LogP) is 11.9. The Morgan fingerprint density at radius 2 is 1.56 bits per heavy atom. The first-order valence-corrected chi connectivity index (χ1v) is 33.0. The summed E-state index contributed by atoms with van der Waals surface area (Å²) in [4.78, 5) is 62.3. The van der Waals surface area contributed by atoms with Crippen molar-refractivity contribution < 1.29 is 38.4 Å². The van der Waals surface area contributed by atoms with E-state index in [4.69, 9.17) is 33.9 Å². The fourth-order valence-corrected chi connectivity index (χ4v) is 12.1. The van der Waals surface area contributed by atoms with Gasteiger partial charge in [0.05, 0.1) is 86.0 Å². The van der Waals surface area contributed by atoms with Crippen LogP contribution in [0.1, 0.15) is 117 Å². The van der Waals surface area contributed by atoms with Crippen molar-refractivity contribution in [2.75, 3.05) is 58.0 Å². The van der Waals surface area contributed by atoms with Crippen molar-refractivity contribution in [3.63, 3.8) is 0 Å². The number of benzene rings is 3. The molecule has 0 bridgehead atoms. The lowest BCUT2D eigenvalue weighted by Crippen LogP contribution is -2.57. The van der Waals surface area contributed by atoms with E-state index in [1.165, 1.54) is 28.9 Å². The van der Waals surface area contributed by atoms with Crippen LogP contribution in [0.15, 0.2) is 128 Å². The quantitative estimate of drug-likeness (QED) is 0.0287. The van der Waals surface area contributed by atoms with Crippen molar-refractivity contribution in [3.8, 4) is 49.8 Å². The van der Waals surface area contributed by atoms with Crippen LogP contribution < -0.4 is 20.7 Å². The molecule has 0 unspecified atom stereocenters. The number of nitrogens with one attached hydrogen (secondary N) is 3. The maximum Gasteiger partial charge on any atom is 0.246 e. The summed E-state index contributed by atoms with van der Waals surface area (Å²) in [5.74, 6) is 1.07. The van der Waals surface area contributed by atoms with Gasteiger partial charge in [0.15, 0.2) is 0 Å². The Hall–Kier alpha value is -8.79. The molecule has 486 valence electrons. The molecule has 2 fully saturated rings. The van der Waals surface area contributed by atoms with Crippen molar-refractivity contribution in [1.82, 2.24) is 50.5 Å². The van der Waals surface area contributed by atoms with Crippen LogP contribution in [0.25, 0.3) is 62.3 Å². The lowest BCUT2D eigenvalue weighted by atomic mass is 9.85. The van der Waals surface area contributed by atoms with E-state index in [1.54, 1.807) is 16.0 Å². The Balaban J connectivity index is 0.623. The van der Waals surface area contributed by atoms with Crippen LogP contribution in [-0.2, 0) is 48.3 Å². The first kappa shape index (κ1) is 67.1. The Kier molecular flexibility index (Phi) is 23.2. The number of hydrogen-bond acceptors (Lipinski definition) is 16. The van der Waals surface area contributed by atoms with Gasteiger partial charge in [0, 0.05) is 85.4 Å². The summed E-state index contributed by atoms with van der Waals surface area (Å²) in [6, 6.07) is 29.2. The summed E-state index contributed by atoms with van der Waals surface area (Å²) >= 11 is 1.57. The number of pyridine rings is 3. The van der Waals surface area contributed by atoms with Gasteiger partial charge in [-0.05, 0) is 127 Å². The number of carbonyl (C=O) groups excluding carboxylic acids is 3. The topological polar surface area (TPSA) is 230 Å². The van der Waals surface area contributed by atoms with Gasteiger partial charge in [-0.1, -0.05) is 106 Å². The summed E-state index contributed by atoms with van der Waals surface area (Å²) < 4.78 is 25.0. The Morgan fingerprint density at radius 3 is 2.29 bits per heavy atom. The minimum absolute atomic E-state index is 0.00902. The fourth-order valence-electron chi connectivity index (χ4n) is 11.3. The van der Waals surface area contributed by atoms with Crippen molar-refractivity contribution in [2.24, 2.45) is 5.41 Å². The van der Waals surface area contributed by atoms with Crippen molar-refractivity contribution in [1.29, 1.82) is 0 Å². The fraction of sp³-hybridized carbons (Fsp3) is 0.384. The number of β-amino-alcohol motifs (C(OH)–C–C–N with tert-alkyl or cyclic N) is 1. The van der Waals surface area contributed by atoms with Gasteiger partial charge in [0.25, 0.3) is 0 Å². The number of likely N-dealkylation sites (tertiary alicyclic amines) is 1. The van der Waals surface area contributed by atoms with Gasteiger partial charge < -0.3 is 44.9 Å². The average Bonchev–Trinajstić information content (AvgIpc) is 1.44. The van der Waals surface area contributed by atoms with E-state index in [-0.39, 0.29) is 57.6 Å². The molecule has 0 radical (unpaired) electrons. The molecule has 6 heterocycles. The molecule has 2 aliphatic rings. The number of hydrogen-bond donors (Lipinski definition) is 4. The first-order valence-electron chi connectivity index (χ1n) is 32.1. The predicted molar refractivity (Wildman–Crippen MR) is 365 cm³/mol. The summed E-state index contributed by atoms with van der Waals surface area (Å²) in [7, 11) is 0. The molecule has 5 aromatic heterocycles. The molecule has 1 saturated carbocycles. The first-order chi connectivity index (χ1) is 45.1. The second kappa shape index (κ2) is 32.2. The van der Waals surface area contributed by atoms with Crippen molar-refractivity contribution in [2.45, 2.75) is 124 Å². The van der Waals surface area contributed by atoms with Gasteiger partial charge in [0.1, 0.15) is 29.3 Å². The molecular weight excluding hydrogens is 1190 g/mol. The summed E-state index contributed by atoms with van der Waals surface area (Å²) in [6.45, 7) is 19.7. The average molecular weight is 1280 g/mol. The van der Waals surface area contributed by atoms with E-state index in [0.29, 0.717) is 51.1 Å². The number of amides is 3. The molecule has 10 rings (SSSR count). The molecule has 3 atom stereocenters. The Bertz CT molecular complexity index is 3860. The highest BCUT2D eigenvalue weighted by Gasteiger charge is 2.44.